The number of urea groups is 1. The highest BCUT2D eigenvalue weighted by Crippen LogP contribution is 2.20. The lowest BCUT2D eigenvalue weighted by Gasteiger charge is -2.32. The van der Waals surface area contributed by atoms with Gasteiger partial charge in [-0.15, -0.1) is 0 Å². The van der Waals surface area contributed by atoms with Crippen LogP contribution in [-0.4, -0.2) is 46.7 Å². The van der Waals surface area contributed by atoms with Crippen molar-refractivity contribution in [3.8, 4) is 6.07 Å². The summed E-state index contributed by atoms with van der Waals surface area (Å²) in [6.45, 7) is 0.233. The molecule has 1 unspecified atom stereocenters. The number of carbonyl (C=O) groups excluding carboxylic acids is 2. The summed E-state index contributed by atoms with van der Waals surface area (Å²) in [5.41, 5.74) is 1.68. The molecule has 120 valence electrons. The van der Waals surface area contributed by atoms with Crippen molar-refractivity contribution in [2.24, 2.45) is 10.9 Å². The Labute approximate surface area is 138 Å². The maximum absolute atomic E-state index is 12.1. The van der Waals surface area contributed by atoms with Gasteiger partial charge < -0.3 is 0 Å². The van der Waals surface area contributed by atoms with Crippen LogP contribution >= 0.6 is 0 Å². The van der Waals surface area contributed by atoms with Crippen molar-refractivity contribution in [1.29, 1.82) is 5.26 Å². The number of hydrogen-bond acceptors (Lipinski definition) is 5. The van der Waals surface area contributed by atoms with Crippen molar-refractivity contribution in [1.82, 2.24) is 14.8 Å². The second-order valence-corrected chi connectivity index (χ2v) is 5.47. The summed E-state index contributed by atoms with van der Waals surface area (Å²) in [5, 5.41) is 10.3. The van der Waals surface area contributed by atoms with Gasteiger partial charge in [0.25, 0.3) is 5.91 Å². The molecule has 24 heavy (non-hydrogen) atoms. The molecule has 0 saturated carbocycles. The quantitative estimate of drug-likeness (QED) is 0.843. The van der Waals surface area contributed by atoms with Crippen LogP contribution in [-0.2, 0) is 11.3 Å². The van der Waals surface area contributed by atoms with E-state index in [0.29, 0.717) is 0 Å². The highest BCUT2D eigenvalue weighted by Gasteiger charge is 2.40. The molecule has 2 aromatic rings. The number of fused-ring (bicyclic) bond motifs is 1. The Kier molecular flexibility index (Phi) is 3.96. The molecular formula is C17H15N5O2. The third-order valence-electron chi connectivity index (χ3n) is 4.01. The van der Waals surface area contributed by atoms with Crippen LogP contribution in [0.2, 0.25) is 0 Å². The topological polar surface area (TPSA) is 89.7 Å². The van der Waals surface area contributed by atoms with Crippen molar-refractivity contribution < 1.29 is 9.59 Å². The number of imide groups is 1. The predicted molar refractivity (Wildman–Crippen MR) is 87.9 cm³/mol. The van der Waals surface area contributed by atoms with Crippen LogP contribution in [0.25, 0.3) is 10.9 Å². The van der Waals surface area contributed by atoms with Crippen LogP contribution in [0.5, 0.6) is 0 Å². The number of benzene rings is 1. The normalized spacial score (nSPS) is 19.9. The second kappa shape index (κ2) is 6.08. The van der Waals surface area contributed by atoms with E-state index >= 15 is 0 Å². The molecule has 0 spiro atoms. The van der Waals surface area contributed by atoms with E-state index in [9.17, 15) is 14.9 Å². The zero-order chi connectivity index (χ0) is 17.3. The van der Waals surface area contributed by atoms with Crippen LogP contribution < -0.4 is 0 Å². The highest BCUT2D eigenvalue weighted by atomic mass is 16.2. The van der Waals surface area contributed by atoms with Gasteiger partial charge in [0.15, 0.2) is 5.92 Å². The van der Waals surface area contributed by atoms with Gasteiger partial charge in [-0.2, -0.15) is 5.26 Å². The maximum atomic E-state index is 12.1. The smallest absolute Gasteiger partial charge is 0.283 e. The number of aliphatic imine (C=N–C) groups is 1. The molecule has 0 bridgehead atoms. The number of carbonyl (C=O) groups is 2. The summed E-state index contributed by atoms with van der Waals surface area (Å²) >= 11 is 0. The zero-order valence-electron chi connectivity index (χ0n) is 13.3. The fourth-order valence-electron chi connectivity index (χ4n) is 2.69. The van der Waals surface area contributed by atoms with Crippen molar-refractivity contribution >= 4 is 28.7 Å². The number of nitriles is 1. The Hall–Kier alpha value is -3.27. The number of amidine groups is 1. The average Bonchev–Trinajstić information content (AvgIpc) is 2.61. The Bertz CT molecular complexity index is 894. The second-order valence-electron chi connectivity index (χ2n) is 5.47. The third kappa shape index (κ3) is 2.48. The Morgan fingerprint density at radius 2 is 1.96 bits per heavy atom. The first-order valence-electron chi connectivity index (χ1n) is 7.36. The van der Waals surface area contributed by atoms with Gasteiger partial charge in [-0.05, 0) is 11.6 Å². The Morgan fingerprint density at radius 1 is 1.21 bits per heavy atom. The van der Waals surface area contributed by atoms with Crippen LogP contribution in [0.1, 0.15) is 5.56 Å². The first-order valence-corrected chi connectivity index (χ1v) is 7.36. The van der Waals surface area contributed by atoms with Crippen LogP contribution in [0.3, 0.4) is 0 Å². The molecule has 3 rings (SSSR count). The SMILES string of the molecule is CN1C(=O)C(C#N)C(=NCc2cccc3cccnc23)N(C)C1=O. The Balaban J connectivity index is 1.99. The van der Waals surface area contributed by atoms with Crippen molar-refractivity contribution in [2.75, 3.05) is 14.1 Å². The zero-order valence-corrected chi connectivity index (χ0v) is 13.3. The van der Waals surface area contributed by atoms with Crippen molar-refractivity contribution in [2.45, 2.75) is 6.54 Å². The summed E-state index contributed by atoms with van der Waals surface area (Å²) < 4.78 is 0. The van der Waals surface area contributed by atoms with Gasteiger partial charge in [0.2, 0.25) is 0 Å². The summed E-state index contributed by atoms with van der Waals surface area (Å²) in [6, 6.07) is 11.0. The van der Waals surface area contributed by atoms with Gasteiger partial charge in [-0.3, -0.25) is 24.6 Å². The number of nitrogens with zero attached hydrogens (tertiary/aromatic N) is 5. The van der Waals surface area contributed by atoms with E-state index in [1.807, 2.05) is 36.4 Å². The van der Waals surface area contributed by atoms with Crippen LogP contribution in [0, 0.1) is 17.2 Å². The molecule has 1 atom stereocenters. The number of pyridine rings is 1. The Morgan fingerprint density at radius 3 is 2.71 bits per heavy atom. The van der Waals surface area contributed by atoms with Gasteiger partial charge in [-0.1, -0.05) is 24.3 Å². The molecule has 1 saturated heterocycles. The van der Waals surface area contributed by atoms with Gasteiger partial charge in [0.1, 0.15) is 5.84 Å². The number of hydrogen-bond donors (Lipinski definition) is 0. The molecular weight excluding hydrogens is 306 g/mol. The standard InChI is InChI=1S/C17H15N5O2/c1-21-15(13(9-18)16(23)22(2)17(21)24)20-10-12-6-3-5-11-7-4-8-19-14(11)12/h3-8,13H,10H2,1-2H3. The molecule has 1 fully saturated rings. The minimum absolute atomic E-state index is 0.165. The molecule has 7 heteroatoms. The monoisotopic (exact) mass is 321 g/mol. The summed E-state index contributed by atoms with van der Waals surface area (Å²) in [7, 11) is 2.87. The van der Waals surface area contributed by atoms with Crippen molar-refractivity contribution in [3.05, 3.63) is 42.1 Å². The van der Waals surface area contributed by atoms with Crippen LogP contribution in [0.15, 0.2) is 41.5 Å². The predicted octanol–water partition coefficient (Wildman–Crippen LogP) is 1.80. The van der Waals surface area contributed by atoms with E-state index in [4.69, 9.17) is 0 Å². The highest BCUT2D eigenvalue weighted by molar-refractivity contribution is 6.19. The van der Waals surface area contributed by atoms with E-state index in [-0.39, 0.29) is 12.4 Å². The molecule has 1 aromatic carbocycles. The lowest BCUT2D eigenvalue weighted by atomic mass is 10.1. The van der Waals surface area contributed by atoms with Gasteiger partial charge in [0.05, 0.1) is 18.1 Å². The number of amides is 3. The third-order valence-corrected chi connectivity index (χ3v) is 4.01. The van der Waals surface area contributed by atoms with Gasteiger partial charge >= 0.3 is 6.03 Å². The lowest BCUT2D eigenvalue weighted by molar-refractivity contribution is -0.129. The first kappa shape index (κ1) is 15.6. The maximum Gasteiger partial charge on any atom is 0.331 e. The molecule has 2 heterocycles. The first-order chi connectivity index (χ1) is 11.5. The molecule has 1 aromatic heterocycles. The molecule has 7 nitrogen and oxygen atoms in total. The summed E-state index contributed by atoms with van der Waals surface area (Å²) in [4.78, 5) is 35.1. The van der Waals surface area contributed by atoms with E-state index in [1.165, 1.54) is 19.0 Å². The number of aromatic nitrogens is 1. The van der Waals surface area contributed by atoms with Crippen molar-refractivity contribution in [3.63, 3.8) is 0 Å². The van der Waals surface area contributed by atoms with E-state index in [0.717, 1.165) is 21.4 Å². The van der Waals surface area contributed by atoms with E-state index < -0.39 is 17.9 Å². The average molecular weight is 321 g/mol. The van der Waals surface area contributed by atoms with Gasteiger partial charge in [0, 0.05) is 25.7 Å². The molecule has 0 radical (unpaired) electrons. The molecule has 1 aliphatic heterocycles. The number of para-hydroxylation sites is 1. The minimum Gasteiger partial charge on any atom is -0.283 e. The fraction of sp³-hybridized carbons (Fsp3) is 0.235. The van der Waals surface area contributed by atoms with E-state index in [2.05, 4.69) is 9.98 Å². The molecule has 0 aliphatic carbocycles. The molecule has 1 aliphatic rings. The molecule has 3 amide bonds. The van der Waals surface area contributed by atoms with Gasteiger partial charge in [-0.25, -0.2) is 4.79 Å². The van der Waals surface area contributed by atoms with Crippen LogP contribution in [0.4, 0.5) is 4.79 Å². The largest absolute Gasteiger partial charge is 0.331 e. The lowest BCUT2D eigenvalue weighted by Crippen LogP contribution is -2.56. The molecule has 0 N–H and O–H groups in total. The minimum atomic E-state index is -1.08. The summed E-state index contributed by atoms with van der Waals surface area (Å²) in [6.07, 6.45) is 1.70. The fourth-order valence-corrected chi connectivity index (χ4v) is 2.69. The van der Waals surface area contributed by atoms with E-state index in [1.54, 1.807) is 6.20 Å². The number of rotatable bonds is 2. The summed E-state index contributed by atoms with van der Waals surface area (Å²) in [5.74, 6) is -1.48.